The fourth-order valence-corrected chi connectivity index (χ4v) is 5.58. The van der Waals surface area contributed by atoms with Gasteiger partial charge in [-0.3, -0.25) is 14.3 Å². The first-order valence-electron chi connectivity index (χ1n) is 14.0. The second-order valence-electron chi connectivity index (χ2n) is 10.1. The molecule has 36 heavy (non-hydrogen) atoms. The van der Waals surface area contributed by atoms with E-state index >= 15 is 0 Å². The Hall–Kier alpha value is -2.83. The lowest BCUT2D eigenvalue weighted by Crippen LogP contribution is -2.51. The molecule has 0 bridgehead atoms. The monoisotopic (exact) mass is 494 g/mol. The Morgan fingerprint density at radius 1 is 1.00 bits per heavy atom. The molecule has 7 nitrogen and oxygen atoms in total. The van der Waals surface area contributed by atoms with Gasteiger partial charge in [-0.25, -0.2) is 0 Å². The molecule has 1 aromatic carbocycles. The van der Waals surface area contributed by atoms with Crippen LogP contribution in [0.25, 0.3) is 0 Å². The minimum absolute atomic E-state index is 0.0173. The van der Waals surface area contributed by atoms with Crippen LogP contribution in [0.5, 0.6) is 5.75 Å². The number of carbonyl (C=O) groups excluding carboxylic acids is 2. The standard InChI is InChI=1S/C29H42N4O3/c1-3-18-32-22-23(21-30-32)28(34)33-20-13-7-5-6-12-19-31(4-2)29(35)24-14-8-10-16-26(24)36-27-17-11-9-15-25(27)33/h8,10,14,16,21-22,25,27H,3-7,9,11-13,15,17-20H2,1-2H3/t25-,27+/m1/s1. The molecule has 2 atom stereocenters. The third-order valence-electron chi connectivity index (χ3n) is 7.55. The van der Waals surface area contributed by atoms with Crippen LogP contribution in [0.2, 0.25) is 0 Å². The van der Waals surface area contributed by atoms with Gasteiger partial charge in [0.1, 0.15) is 11.9 Å². The molecule has 1 aromatic heterocycles. The van der Waals surface area contributed by atoms with Crippen molar-refractivity contribution >= 4 is 11.8 Å². The molecule has 2 aromatic rings. The van der Waals surface area contributed by atoms with Crippen LogP contribution in [0.1, 0.15) is 98.8 Å². The number of amides is 2. The van der Waals surface area contributed by atoms with E-state index in [1.54, 1.807) is 6.20 Å². The number of aromatic nitrogens is 2. The zero-order chi connectivity index (χ0) is 25.3. The van der Waals surface area contributed by atoms with E-state index in [0.717, 1.165) is 83.8 Å². The molecule has 1 aliphatic carbocycles. The lowest BCUT2D eigenvalue weighted by molar-refractivity contribution is 0.0270. The fraction of sp³-hybridized carbons (Fsp3) is 0.621. The average Bonchev–Trinajstić information content (AvgIpc) is 3.36. The van der Waals surface area contributed by atoms with Crippen LogP contribution in [0.3, 0.4) is 0 Å². The summed E-state index contributed by atoms with van der Waals surface area (Å²) in [5.74, 6) is 0.714. The molecule has 2 aliphatic rings. The summed E-state index contributed by atoms with van der Waals surface area (Å²) in [5, 5.41) is 4.41. The maximum Gasteiger partial charge on any atom is 0.257 e. The van der Waals surface area contributed by atoms with Gasteiger partial charge in [-0.1, -0.05) is 44.7 Å². The summed E-state index contributed by atoms with van der Waals surface area (Å²) in [5.41, 5.74) is 1.28. The van der Waals surface area contributed by atoms with Crippen molar-refractivity contribution in [2.45, 2.75) is 96.7 Å². The maximum atomic E-state index is 13.8. The first-order chi connectivity index (χ1) is 17.6. The summed E-state index contributed by atoms with van der Waals surface area (Å²) >= 11 is 0. The van der Waals surface area contributed by atoms with E-state index in [1.165, 1.54) is 0 Å². The summed E-state index contributed by atoms with van der Waals surface area (Å²) < 4.78 is 8.50. The average molecular weight is 495 g/mol. The lowest BCUT2D eigenvalue weighted by atomic mass is 9.90. The molecular formula is C29H42N4O3. The van der Waals surface area contributed by atoms with Crippen molar-refractivity contribution in [2.24, 2.45) is 0 Å². The van der Waals surface area contributed by atoms with Gasteiger partial charge in [-0.05, 0) is 57.6 Å². The fourth-order valence-electron chi connectivity index (χ4n) is 5.58. The van der Waals surface area contributed by atoms with E-state index in [9.17, 15) is 9.59 Å². The van der Waals surface area contributed by atoms with Gasteiger partial charge >= 0.3 is 0 Å². The third kappa shape index (κ3) is 6.29. The minimum atomic E-state index is -0.137. The van der Waals surface area contributed by atoms with E-state index in [4.69, 9.17) is 4.74 Å². The van der Waals surface area contributed by atoms with E-state index in [1.807, 2.05) is 47.0 Å². The highest BCUT2D eigenvalue weighted by Crippen LogP contribution is 2.31. The van der Waals surface area contributed by atoms with Crippen molar-refractivity contribution in [2.75, 3.05) is 19.6 Å². The molecule has 1 aliphatic heterocycles. The van der Waals surface area contributed by atoms with Gasteiger partial charge in [0.2, 0.25) is 0 Å². The first kappa shape index (κ1) is 26.2. The number of benzene rings is 1. The van der Waals surface area contributed by atoms with Crippen LogP contribution in [0.4, 0.5) is 0 Å². The molecular weight excluding hydrogens is 452 g/mol. The molecule has 0 unspecified atom stereocenters. The molecule has 4 rings (SSSR count). The number of hydrogen-bond acceptors (Lipinski definition) is 4. The van der Waals surface area contributed by atoms with Gasteiger partial charge in [0.25, 0.3) is 11.8 Å². The summed E-state index contributed by atoms with van der Waals surface area (Å²) in [6.07, 6.45) is 13.6. The Morgan fingerprint density at radius 2 is 1.75 bits per heavy atom. The summed E-state index contributed by atoms with van der Waals surface area (Å²) in [6, 6.07) is 7.60. The molecule has 1 saturated carbocycles. The summed E-state index contributed by atoms with van der Waals surface area (Å²) in [6.45, 7) is 7.14. The first-order valence-corrected chi connectivity index (χ1v) is 14.0. The molecule has 0 N–H and O–H groups in total. The van der Waals surface area contributed by atoms with Gasteiger partial charge in [0.15, 0.2) is 0 Å². The largest absolute Gasteiger partial charge is 0.487 e. The van der Waals surface area contributed by atoms with Crippen molar-refractivity contribution < 1.29 is 14.3 Å². The Labute approximate surface area is 215 Å². The number of nitrogens with zero attached hydrogens (tertiary/aromatic N) is 4. The maximum absolute atomic E-state index is 13.8. The number of ether oxygens (including phenoxy) is 1. The summed E-state index contributed by atoms with van der Waals surface area (Å²) in [4.78, 5) is 31.2. The van der Waals surface area contributed by atoms with E-state index in [-0.39, 0.29) is 24.0 Å². The predicted molar refractivity (Wildman–Crippen MR) is 141 cm³/mol. The number of hydrogen-bond donors (Lipinski definition) is 0. The SMILES string of the molecule is CCCn1cc(C(=O)N2CCCCCCCN(CC)C(=O)c3ccccc3O[C@H]3CCCC[C@H]32)cn1. The quantitative estimate of drug-likeness (QED) is 0.559. The van der Waals surface area contributed by atoms with E-state index in [0.29, 0.717) is 23.4 Å². The van der Waals surface area contributed by atoms with Gasteiger partial charge < -0.3 is 14.5 Å². The number of aryl methyl sites for hydroxylation is 1. The molecule has 0 saturated heterocycles. The molecule has 0 radical (unpaired) electrons. The number of rotatable bonds is 4. The molecule has 1 fully saturated rings. The van der Waals surface area contributed by atoms with Gasteiger partial charge in [-0.15, -0.1) is 0 Å². The van der Waals surface area contributed by atoms with Crippen LogP contribution in [-0.4, -0.2) is 63.2 Å². The van der Waals surface area contributed by atoms with Crippen LogP contribution in [0, 0.1) is 0 Å². The number of fused-ring (bicyclic) bond motifs is 2. The van der Waals surface area contributed by atoms with Crippen LogP contribution >= 0.6 is 0 Å². The van der Waals surface area contributed by atoms with Crippen molar-refractivity contribution in [1.29, 1.82) is 0 Å². The lowest BCUT2D eigenvalue weighted by Gasteiger charge is -2.40. The van der Waals surface area contributed by atoms with E-state index < -0.39 is 0 Å². The minimum Gasteiger partial charge on any atom is -0.487 e. The zero-order valence-corrected chi connectivity index (χ0v) is 22.0. The molecule has 0 spiro atoms. The van der Waals surface area contributed by atoms with Crippen molar-refractivity contribution in [1.82, 2.24) is 19.6 Å². The number of carbonyl (C=O) groups is 2. The smallest absolute Gasteiger partial charge is 0.257 e. The zero-order valence-electron chi connectivity index (χ0n) is 22.0. The molecule has 2 heterocycles. The van der Waals surface area contributed by atoms with Gasteiger partial charge in [0, 0.05) is 32.4 Å². The van der Waals surface area contributed by atoms with Crippen LogP contribution < -0.4 is 4.74 Å². The van der Waals surface area contributed by atoms with Crippen molar-refractivity contribution in [3.63, 3.8) is 0 Å². The summed E-state index contributed by atoms with van der Waals surface area (Å²) in [7, 11) is 0. The van der Waals surface area contributed by atoms with Crippen LogP contribution in [0.15, 0.2) is 36.7 Å². The van der Waals surface area contributed by atoms with Gasteiger partial charge in [0.05, 0.1) is 23.4 Å². The second-order valence-corrected chi connectivity index (χ2v) is 10.1. The topological polar surface area (TPSA) is 67.7 Å². The highest BCUT2D eigenvalue weighted by molar-refractivity contribution is 5.97. The highest BCUT2D eigenvalue weighted by Gasteiger charge is 2.36. The van der Waals surface area contributed by atoms with Crippen LogP contribution in [-0.2, 0) is 6.54 Å². The van der Waals surface area contributed by atoms with Gasteiger partial charge in [-0.2, -0.15) is 5.10 Å². The molecule has 2 amide bonds. The Balaban J connectivity index is 1.65. The van der Waals surface area contributed by atoms with E-state index in [2.05, 4.69) is 16.9 Å². The normalized spacial score (nSPS) is 22.1. The molecule has 7 heteroatoms. The predicted octanol–water partition coefficient (Wildman–Crippen LogP) is 5.55. The second kappa shape index (κ2) is 12.9. The highest BCUT2D eigenvalue weighted by atomic mass is 16.5. The Kier molecular flexibility index (Phi) is 9.42. The van der Waals surface area contributed by atoms with Crippen molar-refractivity contribution in [3.8, 4) is 5.75 Å². The Bertz CT molecular complexity index is 1000. The molecule has 196 valence electrons. The Morgan fingerprint density at radius 3 is 2.56 bits per heavy atom. The van der Waals surface area contributed by atoms with Crippen molar-refractivity contribution in [3.05, 3.63) is 47.8 Å². The number of para-hydroxylation sites is 1. The third-order valence-corrected chi connectivity index (χ3v) is 7.55.